The van der Waals surface area contributed by atoms with E-state index < -0.39 is 10.8 Å². The molecule has 53 heavy (non-hydrogen) atoms. The number of allylic oxidation sites excluding steroid dienone is 4. The van der Waals surface area contributed by atoms with Crippen LogP contribution in [0.5, 0.6) is 0 Å². The highest BCUT2D eigenvalue weighted by Gasteiger charge is 2.54. The second-order valence-corrected chi connectivity index (χ2v) is 19.0. The largest absolute Gasteiger partial charge is 0.393 e. The average molecular weight is 733 g/mol. The van der Waals surface area contributed by atoms with E-state index in [0.717, 1.165) is 32.1 Å². The molecule has 0 unspecified atom stereocenters. The van der Waals surface area contributed by atoms with E-state index in [1.807, 2.05) is 33.8 Å². The Hall–Kier alpha value is -3.13. The lowest BCUT2D eigenvalue weighted by Crippen LogP contribution is -2.50. The van der Waals surface area contributed by atoms with Crippen LogP contribution in [0, 0.1) is 53.6 Å². The van der Waals surface area contributed by atoms with Crippen LogP contribution in [0.4, 0.5) is 0 Å². The summed E-state index contributed by atoms with van der Waals surface area (Å²) in [5.41, 5.74) is 3.30. The summed E-state index contributed by atoms with van der Waals surface area (Å²) in [6, 6.07) is 4.38. The number of carbonyl (C=O) groups excluding carboxylic acids is 2. The van der Waals surface area contributed by atoms with Gasteiger partial charge in [-0.1, -0.05) is 116 Å². The molecule has 1 N–H and O–H groups in total. The van der Waals surface area contributed by atoms with Crippen molar-refractivity contribution in [1.29, 1.82) is 0 Å². The standard InChI is InChI=1S/C15H21NO2.C14H19NO2.C14H23N.C2H6.CH4/c1-14(2)12-7-6-10(18-5)8-15(12,3)9-11(16-4)13(14)17;1-13(2)11-6-5-9(16)7-14(11,3)8-10(15-4)12(13)17;1-10-8-11(13(2,3)4)15-12(9-10)14(5,6)7;1-2;/h9-10,12H,6-8H2,1-3,5H3;8-9,11,16H,5-7H2,1-3H3;8-9H,1-7H3;1-2H3;1H4/t10-,12+,15+;9-,11+,14+;;;/m11.../s1/i;;;1D;. The normalized spacial score (nSPS) is 30.0. The molecule has 0 bridgehead atoms. The van der Waals surface area contributed by atoms with Gasteiger partial charge in [0.05, 0.1) is 25.4 Å². The van der Waals surface area contributed by atoms with Crippen molar-refractivity contribution in [3.05, 3.63) is 75.5 Å². The molecule has 2 fully saturated rings. The summed E-state index contributed by atoms with van der Waals surface area (Å²) in [6.45, 7) is 44.1. The molecular weight excluding hydrogens is 659 g/mol. The third kappa shape index (κ3) is 10.6. The maximum Gasteiger partial charge on any atom is 0.226 e. The van der Waals surface area contributed by atoms with E-state index in [9.17, 15) is 14.7 Å². The minimum absolute atomic E-state index is 0. The fourth-order valence-electron chi connectivity index (χ4n) is 9.08. The molecule has 0 saturated heterocycles. The van der Waals surface area contributed by atoms with Gasteiger partial charge in [0, 0.05) is 41.5 Å². The summed E-state index contributed by atoms with van der Waals surface area (Å²) < 4.78 is 11.7. The molecule has 0 aliphatic heterocycles. The Morgan fingerprint density at radius 2 is 1.17 bits per heavy atom. The number of rotatable bonds is 1. The summed E-state index contributed by atoms with van der Waals surface area (Å²) in [4.78, 5) is 36.1. The van der Waals surface area contributed by atoms with Crippen LogP contribution in [-0.4, -0.2) is 41.0 Å². The van der Waals surface area contributed by atoms with Crippen LogP contribution in [0.15, 0.2) is 35.7 Å². The smallest absolute Gasteiger partial charge is 0.226 e. The number of aryl methyl sites for hydroxylation is 1. The van der Waals surface area contributed by atoms with Gasteiger partial charge in [-0.3, -0.25) is 4.98 Å². The molecular formula is C46H73N3O4. The van der Waals surface area contributed by atoms with Crippen LogP contribution in [0.3, 0.4) is 0 Å². The van der Waals surface area contributed by atoms with Gasteiger partial charge in [-0.15, -0.1) is 0 Å². The zero-order chi connectivity index (χ0) is 41.0. The van der Waals surface area contributed by atoms with Crippen LogP contribution >= 0.6 is 0 Å². The van der Waals surface area contributed by atoms with Crippen molar-refractivity contribution in [2.24, 2.45) is 33.5 Å². The molecule has 0 aromatic carbocycles. The lowest BCUT2D eigenvalue weighted by Gasteiger charge is -2.52. The number of aromatic nitrogens is 1. The number of fused-ring (bicyclic) bond motifs is 2. The van der Waals surface area contributed by atoms with Gasteiger partial charge < -0.3 is 19.4 Å². The highest BCUT2D eigenvalue weighted by molar-refractivity contribution is 6.03. The van der Waals surface area contributed by atoms with Gasteiger partial charge in [0.1, 0.15) is 0 Å². The van der Waals surface area contributed by atoms with Crippen LogP contribution < -0.4 is 0 Å². The van der Waals surface area contributed by atoms with E-state index in [1.54, 1.807) is 20.1 Å². The molecule has 6 atom stereocenters. The fourth-order valence-corrected chi connectivity index (χ4v) is 9.08. The zero-order valence-electron chi connectivity index (χ0n) is 36.1. The Labute approximate surface area is 325 Å². The number of aliphatic hydroxyl groups is 1. The third-order valence-electron chi connectivity index (χ3n) is 11.9. The molecule has 0 radical (unpaired) electrons. The first-order valence-electron chi connectivity index (χ1n) is 19.7. The Balaban J connectivity index is 0.000000388. The molecule has 0 amide bonds. The van der Waals surface area contributed by atoms with E-state index in [2.05, 4.69) is 84.1 Å². The van der Waals surface area contributed by atoms with Gasteiger partial charge in [0.25, 0.3) is 0 Å². The van der Waals surface area contributed by atoms with E-state index in [-0.39, 0.29) is 64.5 Å². The Kier molecular flexibility index (Phi) is 15.2. The lowest BCUT2D eigenvalue weighted by molar-refractivity contribution is -0.133. The van der Waals surface area contributed by atoms with Crippen LogP contribution in [0.2, 0.25) is 0 Å². The second-order valence-electron chi connectivity index (χ2n) is 19.0. The number of carbonyl (C=O) groups is 2. The van der Waals surface area contributed by atoms with Crippen LogP contribution in [0.25, 0.3) is 9.69 Å². The fraction of sp³-hybridized carbons (Fsp3) is 0.717. The van der Waals surface area contributed by atoms with Gasteiger partial charge in [-0.2, -0.15) is 0 Å². The van der Waals surface area contributed by atoms with Crippen molar-refractivity contribution in [1.82, 2.24) is 4.98 Å². The van der Waals surface area contributed by atoms with E-state index in [4.69, 9.17) is 24.2 Å². The summed E-state index contributed by atoms with van der Waals surface area (Å²) >= 11 is 0. The monoisotopic (exact) mass is 733 g/mol. The van der Waals surface area contributed by atoms with Gasteiger partial charge >= 0.3 is 0 Å². The number of hydrogen-bond donors (Lipinski definition) is 1. The maximum atomic E-state index is 12.3. The van der Waals surface area contributed by atoms with Gasteiger partial charge in [-0.25, -0.2) is 9.69 Å². The molecule has 296 valence electrons. The quantitative estimate of drug-likeness (QED) is 0.291. The Morgan fingerprint density at radius 3 is 1.53 bits per heavy atom. The second kappa shape index (κ2) is 17.6. The topological polar surface area (TPSA) is 85.2 Å². The van der Waals surface area contributed by atoms with Crippen molar-refractivity contribution in [3.63, 3.8) is 0 Å². The zero-order valence-corrected chi connectivity index (χ0v) is 35.1. The van der Waals surface area contributed by atoms with Crippen molar-refractivity contribution < 1.29 is 20.8 Å². The maximum absolute atomic E-state index is 12.3. The first-order valence-corrected chi connectivity index (χ1v) is 19.0. The summed E-state index contributed by atoms with van der Waals surface area (Å²) in [6.07, 6.45) is 8.85. The Bertz CT molecular complexity index is 1600. The summed E-state index contributed by atoms with van der Waals surface area (Å²) in [5.74, 6) is 0.521. The molecule has 1 aromatic heterocycles. The molecule has 2 saturated carbocycles. The minimum Gasteiger partial charge on any atom is -0.393 e. The van der Waals surface area contributed by atoms with Crippen molar-refractivity contribution in [2.45, 2.75) is 173 Å². The molecule has 1 aromatic rings. The third-order valence-corrected chi connectivity index (χ3v) is 11.9. The van der Waals surface area contributed by atoms with Crippen molar-refractivity contribution in [3.8, 4) is 0 Å². The molecule has 7 nitrogen and oxygen atoms in total. The van der Waals surface area contributed by atoms with Crippen LogP contribution in [-0.2, 0) is 25.2 Å². The first-order chi connectivity index (χ1) is 24.2. The number of Topliss-reactive ketones (excluding diaryl/α,β-unsaturated/α-hetero) is 2. The van der Waals surface area contributed by atoms with E-state index >= 15 is 0 Å². The van der Waals surface area contributed by atoms with E-state index in [1.165, 1.54) is 17.0 Å². The lowest BCUT2D eigenvalue weighted by atomic mass is 9.53. The predicted octanol–water partition coefficient (Wildman–Crippen LogP) is 11.4. The van der Waals surface area contributed by atoms with Gasteiger partial charge in [0.15, 0.2) is 11.6 Å². The summed E-state index contributed by atoms with van der Waals surface area (Å²) in [7, 11) is 1.74. The van der Waals surface area contributed by atoms with Crippen LogP contribution in [0.1, 0.15) is 161 Å². The number of pyridine rings is 1. The molecule has 7 heteroatoms. The number of nitrogens with zero attached hydrogens (tertiary/aromatic N) is 3. The number of methoxy groups -OCH3 is 1. The van der Waals surface area contributed by atoms with E-state index in [0.29, 0.717) is 24.9 Å². The number of ketones is 2. The highest BCUT2D eigenvalue weighted by Crippen LogP contribution is 2.56. The SMILES string of the molecule is C.Cc1cc(C(C)(C)C)nc(C(C)(C)C)c1.[2H]CC.[C-]#[N+]C1=C[C@]2(C)C[C@H](O)CC[C@H]2C(C)(C)C1=O.[C-]#[N+]C1=C[C@]2(C)C[C@H](OC)CC[C@H]2C(C)(C)C1=O. The number of ether oxygens (including phenoxy) is 1. The summed E-state index contributed by atoms with van der Waals surface area (Å²) in [5, 5.41) is 9.82. The molecule has 1 heterocycles. The van der Waals surface area contributed by atoms with Gasteiger partial charge in [0.2, 0.25) is 11.4 Å². The van der Waals surface area contributed by atoms with Gasteiger partial charge in [-0.05, 0) is 85.8 Å². The molecule has 5 rings (SSSR count). The number of hydrogen-bond acceptors (Lipinski definition) is 5. The molecule has 4 aliphatic carbocycles. The molecule has 4 aliphatic rings. The predicted molar refractivity (Wildman–Crippen MR) is 219 cm³/mol. The van der Waals surface area contributed by atoms with Crippen molar-refractivity contribution >= 4 is 11.6 Å². The molecule has 0 spiro atoms. The average Bonchev–Trinajstić information content (AvgIpc) is 3.04. The Morgan fingerprint density at radius 1 is 0.792 bits per heavy atom. The minimum atomic E-state index is -0.483. The first kappa shape index (κ1) is 46.0. The highest BCUT2D eigenvalue weighted by atomic mass is 16.5. The van der Waals surface area contributed by atoms with Crippen molar-refractivity contribution in [2.75, 3.05) is 7.11 Å². The number of aliphatic hydroxyl groups excluding tert-OH is 1.